The van der Waals surface area contributed by atoms with E-state index in [2.05, 4.69) is 0 Å². The maximum atomic E-state index is 10.9. The van der Waals surface area contributed by atoms with Crippen LogP contribution in [0.25, 0.3) is 0 Å². The average molecular weight is 188 g/mol. The number of esters is 1. The first kappa shape index (κ1) is 10.5. The molecule has 1 aliphatic rings. The Morgan fingerprint density at radius 3 is 3.08 bits per heavy atom. The number of carbonyl (C=O) groups excluding carboxylic acids is 1. The SMILES string of the molecule is COCCOC1CCOC(=O)CC1. The Kier molecular flexibility index (Phi) is 4.78. The third-order valence-electron chi connectivity index (χ3n) is 2.01. The largest absolute Gasteiger partial charge is 0.466 e. The summed E-state index contributed by atoms with van der Waals surface area (Å²) in [6.07, 6.45) is 2.19. The van der Waals surface area contributed by atoms with E-state index in [1.54, 1.807) is 7.11 Å². The molecule has 0 amide bonds. The van der Waals surface area contributed by atoms with Crippen LogP contribution in [0, 0.1) is 0 Å². The summed E-state index contributed by atoms with van der Waals surface area (Å²) in [6.45, 7) is 1.68. The molecular formula is C9H16O4. The van der Waals surface area contributed by atoms with Crippen LogP contribution in [0.1, 0.15) is 19.3 Å². The predicted octanol–water partition coefficient (Wildman–Crippen LogP) is 0.745. The standard InChI is InChI=1S/C9H16O4/c1-11-6-7-12-8-2-3-9(10)13-5-4-8/h8H,2-7H2,1H3. The van der Waals surface area contributed by atoms with E-state index in [1.807, 2.05) is 0 Å². The zero-order valence-corrected chi connectivity index (χ0v) is 7.95. The van der Waals surface area contributed by atoms with E-state index in [0.717, 1.165) is 12.8 Å². The van der Waals surface area contributed by atoms with Crippen molar-refractivity contribution in [2.75, 3.05) is 26.9 Å². The van der Waals surface area contributed by atoms with Gasteiger partial charge in [0.2, 0.25) is 0 Å². The zero-order valence-electron chi connectivity index (χ0n) is 7.95. The Bertz CT molecular complexity index is 158. The molecule has 1 atom stereocenters. The molecule has 4 nitrogen and oxygen atoms in total. The van der Waals surface area contributed by atoms with E-state index in [1.165, 1.54) is 0 Å². The number of rotatable bonds is 4. The van der Waals surface area contributed by atoms with Crippen molar-refractivity contribution in [1.29, 1.82) is 0 Å². The van der Waals surface area contributed by atoms with Gasteiger partial charge in [0.1, 0.15) is 0 Å². The normalized spacial score (nSPS) is 23.8. The molecule has 13 heavy (non-hydrogen) atoms. The van der Waals surface area contributed by atoms with Gasteiger partial charge in [0, 0.05) is 20.0 Å². The van der Waals surface area contributed by atoms with Crippen LogP contribution in [0.4, 0.5) is 0 Å². The third-order valence-corrected chi connectivity index (χ3v) is 2.01. The molecule has 0 N–H and O–H groups in total. The highest BCUT2D eigenvalue weighted by Gasteiger charge is 2.17. The number of hydrogen-bond acceptors (Lipinski definition) is 4. The number of cyclic esters (lactones) is 1. The molecule has 1 fully saturated rings. The van der Waals surface area contributed by atoms with Crippen LogP contribution < -0.4 is 0 Å². The van der Waals surface area contributed by atoms with Crippen molar-refractivity contribution < 1.29 is 19.0 Å². The summed E-state index contributed by atoms with van der Waals surface area (Å²) in [7, 11) is 1.64. The van der Waals surface area contributed by atoms with Gasteiger partial charge < -0.3 is 14.2 Å². The minimum absolute atomic E-state index is 0.113. The number of hydrogen-bond donors (Lipinski definition) is 0. The molecule has 0 saturated carbocycles. The molecule has 0 aromatic rings. The summed E-state index contributed by atoms with van der Waals surface area (Å²) in [5, 5.41) is 0. The van der Waals surface area contributed by atoms with E-state index in [9.17, 15) is 4.79 Å². The van der Waals surface area contributed by atoms with Gasteiger partial charge in [0.05, 0.1) is 25.9 Å². The van der Waals surface area contributed by atoms with Gasteiger partial charge in [-0.05, 0) is 6.42 Å². The lowest BCUT2D eigenvalue weighted by molar-refractivity contribution is -0.142. The second-order valence-electron chi connectivity index (χ2n) is 3.03. The lowest BCUT2D eigenvalue weighted by atomic mass is 10.1. The quantitative estimate of drug-likeness (QED) is 0.482. The van der Waals surface area contributed by atoms with Crippen molar-refractivity contribution in [3.8, 4) is 0 Å². The molecule has 0 bridgehead atoms. The average Bonchev–Trinajstić information content (AvgIpc) is 2.32. The second-order valence-corrected chi connectivity index (χ2v) is 3.03. The highest BCUT2D eigenvalue weighted by atomic mass is 16.5. The Balaban J connectivity index is 2.14. The van der Waals surface area contributed by atoms with Crippen LogP contribution in [0.3, 0.4) is 0 Å². The van der Waals surface area contributed by atoms with Crippen molar-refractivity contribution in [2.24, 2.45) is 0 Å². The van der Waals surface area contributed by atoms with Crippen LogP contribution in [0.5, 0.6) is 0 Å². The molecule has 4 heteroatoms. The first-order valence-corrected chi connectivity index (χ1v) is 4.59. The fraction of sp³-hybridized carbons (Fsp3) is 0.889. The highest BCUT2D eigenvalue weighted by Crippen LogP contribution is 2.12. The number of methoxy groups -OCH3 is 1. The smallest absolute Gasteiger partial charge is 0.305 e. The molecule has 1 saturated heterocycles. The predicted molar refractivity (Wildman–Crippen MR) is 46.4 cm³/mol. The van der Waals surface area contributed by atoms with Gasteiger partial charge in [-0.25, -0.2) is 0 Å². The van der Waals surface area contributed by atoms with E-state index < -0.39 is 0 Å². The molecule has 0 radical (unpaired) electrons. The van der Waals surface area contributed by atoms with Crippen molar-refractivity contribution in [1.82, 2.24) is 0 Å². The van der Waals surface area contributed by atoms with E-state index in [4.69, 9.17) is 14.2 Å². The zero-order chi connectivity index (χ0) is 9.52. The van der Waals surface area contributed by atoms with Crippen LogP contribution in [0.2, 0.25) is 0 Å². The van der Waals surface area contributed by atoms with E-state index in [0.29, 0.717) is 26.2 Å². The van der Waals surface area contributed by atoms with Gasteiger partial charge in [0.15, 0.2) is 0 Å². The fourth-order valence-corrected chi connectivity index (χ4v) is 1.26. The lowest BCUT2D eigenvalue weighted by Crippen LogP contribution is -2.16. The summed E-state index contributed by atoms with van der Waals surface area (Å²) in [5.41, 5.74) is 0. The van der Waals surface area contributed by atoms with Crippen molar-refractivity contribution in [3.05, 3.63) is 0 Å². The summed E-state index contributed by atoms with van der Waals surface area (Å²) in [5.74, 6) is -0.113. The Hall–Kier alpha value is -0.610. The maximum absolute atomic E-state index is 10.9. The minimum Gasteiger partial charge on any atom is -0.466 e. The Morgan fingerprint density at radius 2 is 2.31 bits per heavy atom. The Morgan fingerprint density at radius 1 is 1.46 bits per heavy atom. The van der Waals surface area contributed by atoms with Crippen LogP contribution in [-0.2, 0) is 19.0 Å². The molecule has 1 rings (SSSR count). The molecule has 1 unspecified atom stereocenters. The van der Waals surface area contributed by atoms with Gasteiger partial charge in [0.25, 0.3) is 0 Å². The van der Waals surface area contributed by atoms with Crippen LogP contribution >= 0.6 is 0 Å². The van der Waals surface area contributed by atoms with Crippen LogP contribution in [-0.4, -0.2) is 39.0 Å². The molecular weight excluding hydrogens is 172 g/mol. The topological polar surface area (TPSA) is 44.8 Å². The summed E-state index contributed by atoms with van der Waals surface area (Å²) in [4.78, 5) is 10.9. The molecule has 0 aliphatic carbocycles. The third kappa shape index (κ3) is 4.24. The highest BCUT2D eigenvalue weighted by molar-refractivity contribution is 5.69. The van der Waals surface area contributed by atoms with Gasteiger partial charge in [-0.1, -0.05) is 0 Å². The molecule has 0 aromatic carbocycles. The van der Waals surface area contributed by atoms with Crippen molar-refractivity contribution >= 4 is 5.97 Å². The molecule has 1 heterocycles. The summed E-state index contributed by atoms with van der Waals surface area (Å²) in [6, 6.07) is 0. The van der Waals surface area contributed by atoms with Crippen molar-refractivity contribution in [3.63, 3.8) is 0 Å². The first-order valence-electron chi connectivity index (χ1n) is 4.59. The minimum atomic E-state index is -0.113. The number of ether oxygens (including phenoxy) is 3. The van der Waals surface area contributed by atoms with Gasteiger partial charge in [-0.15, -0.1) is 0 Å². The summed E-state index contributed by atoms with van der Waals surface area (Å²) < 4.78 is 15.2. The molecule has 76 valence electrons. The van der Waals surface area contributed by atoms with E-state index >= 15 is 0 Å². The molecule has 1 aliphatic heterocycles. The van der Waals surface area contributed by atoms with Crippen molar-refractivity contribution in [2.45, 2.75) is 25.4 Å². The first-order chi connectivity index (χ1) is 6.33. The van der Waals surface area contributed by atoms with Gasteiger partial charge in [-0.3, -0.25) is 4.79 Å². The monoisotopic (exact) mass is 188 g/mol. The van der Waals surface area contributed by atoms with Crippen LogP contribution in [0.15, 0.2) is 0 Å². The number of carbonyl (C=O) groups is 1. The summed E-state index contributed by atoms with van der Waals surface area (Å²) >= 11 is 0. The van der Waals surface area contributed by atoms with Gasteiger partial charge in [-0.2, -0.15) is 0 Å². The maximum Gasteiger partial charge on any atom is 0.305 e. The second kappa shape index (κ2) is 5.94. The van der Waals surface area contributed by atoms with E-state index in [-0.39, 0.29) is 12.1 Å². The molecule has 0 aromatic heterocycles. The Labute approximate surface area is 78.2 Å². The lowest BCUT2D eigenvalue weighted by Gasteiger charge is -2.13. The molecule has 0 spiro atoms. The fourth-order valence-electron chi connectivity index (χ4n) is 1.26. The van der Waals surface area contributed by atoms with Gasteiger partial charge >= 0.3 is 5.97 Å².